The molecule has 1 aromatic rings. The van der Waals surface area contributed by atoms with E-state index in [2.05, 4.69) is 0 Å². The number of carboxylic acids is 1. The Hall–Kier alpha value is -1.16. The Morgan fingerprint density at radius 1 is 1.38 bits per heavy atom. The van der Waals surface area contributed by atoms with Gasteiger partial charge in [-0.15, -0.1) is 0 Å². The summed E-state index contributed by atoms with van der Waals surface area (Å²) in [5, 5.41) is 7.91. The average Bonchev–Trinajstić information content (AvgIpc) is 2.29. The summed E-state index contributed by atoms with van der Waals surface area (Å²) in [6.07, 6.45) is 1.60. The van der Waals surface area contributed by atoms with Crippen LogP contribution in [0.5, 0.6) is 0 Å². The van der Waals surface area contributed by atoms with Crippen LogP contribution in [0.3, 0.4) is 0 Å². The Morgan fingerprint density at radius 3 is 2.56 bits per heavy atom. The minimum atomic E-state index is -1.27. The first-order chi connectivity index (χ1) is 7.61. The van der Waals surface area contributed by atoms with Crippen LogP contribution in [0.15, 0.2) is 30.3 Å². The van der Waals surface area contributed by atoms with Crippen molar-refractivity contribution in [1.29, 1.82) is 0 Å². The predicted molar refractivity (Wildman–Crippen MR) is 64.9 cm³/mol. The summed E-state index contributed by atoms with van der Waals surface area (Å²) >= 11 is 0. The summed E-state index contributed by atoms with van der Waals surface area (Å²) in [6.45, 7) is 1.49. The van der Waals surface area contributed by atoms with E-state index in [-0.39, 0.29) is 0 Å². The molecule has 0 radical (unpaired) electrons. The Bertz CT molecular complexity index is 362. The van der Waals surface area contributed by atoms with Crippen molar-refractivity contribution in [3.63, 3.8) is 0 Å². The Morgan fingerprint density at radius 2 is 2.00 bits per heavy atom. The van der Waals surface area contributed by atoms with Gasteiger partial charge in [0.15, 0.2) is 0 Å². The van der Waals surface area contributed by atoms with Crippen LogP contribution < -0.4 is 0 Å². The maximum absolute atomic E-state index is 11.5. The van der Waals surface area contributed by atoms with Crippen LogP contribution in [0.25, 0.3) is 0 Å². The van der Waals surface area contributed by atoms with Gasteiger partial charge in [-0.05, 0) is 25.3 Å². The van der Waals surface area contributed by atoms with Crippen molar-refractivity contribution in [2.45, 2.75) is 25.0 Å². The molecular weight excluding hydrogens is 224 g/mol. The molecule has 0 saturated carbocycles. The molecule has 4 heteroatoms. The Kier molecular flexibility index (Phi) is 5.19. The van der Waals surface area contributed by atoms with E-state index in [1.807, 2.05) is 30.3 Å². The van der Waals surface area contributed by atoms with Crippen molar-refractivity contribution in [3.8, 4) is 0 Å². The lowest BCUT2D eigenvalue weighted by atomic mass is 10.1. The number of hydrogen-bond acceptors (Lipinski definition) is 2. The first-order valence-corrected chi connectivity index (χ1v) is 6.63. The maximum Gasteiger partial charge on any atom is 0.318 e. The van der Waals surface area contributed by atoms with Gasteiger partial charge in [0.1, 0.15) is 5.25 Å². The van der Waals surface area contributed by atoms with Gasteiger partial charge in [-0.1, -0.05) is 30.3 Å². The second kappa shape index (κ2) is 6.43. The lowest BCUT2D eigenvalue weighted by Gasteiger charge is -2.06. The van der Waals surface area contributed by atoms with Crippen molar-refractivity contribution in [2.75, 3.05) is 5.75 Å². The third-order valence-corrected chi connectivity index (χ3v) is 4.08. The van der Waals surface area contributed by atoms with Gasteiger partial charge < -0.3 is 5.11 Å². The summed E-state index contributed by atoms with van der Waals surface area (Å²) in [6, 6.07) is 9.92. The highest BCUT2D eigenvalue weighted by Crippen LogP contribution is 2.05. The topological polar surface area (TPSA) is 54.4 Å². The predicted octanol–water partition coefficient (Wildman–Crippen LogP) is 1.84. The molecule has 2 unspecified atom stereocenters. The van der Waals surface area contributed by atoms with Gasteiger partial charge in [-0.3, -0.25) is 9.00 Å². The van der Waals surface area contributed by atoms with E-state index in [4.69, 9.17) is 5.11 Å². The van der Waals surface area contributed by atoms with Gasteiger partial charge in [0.05, 0.1) is 0 Å². The van der Waals surface area contributed by atoms with Crippen molar-refractivity contribution in [2.24, 2.45) is 0 Å². The minimum Gasteiger partial charge on any atom is -0.480 e. The Balaban J connectivity index is 2.31. The molecular formula is C12H16O3S. The van der Waals surface area contributed by atoms with E-state index in [1.165, 1.54) is 12.5 Å². The summed E-state index contributed by atoms with van der Waals surface area (Å²) in [5.74, 6) is -0.541. The number of hydrogen-bond donors (Lipinski definition) is 1. The highest BCUT2D eigenvalue weighted by atomic mass is 32.2. The molecule has 0 aromatic heterocycles. The standard InChI is InChI=1S/C12H16O3S/c1-10(12(13)14)16(15)9-5-8-11-6-3-2-4-7-11/h2-4,6-7,10H,5,8-9H2,1H3,(H,13,14). The number of benzene rings is 1. The molecule has 0 aliphatic carbocycles. The van der Waals surface area contributed by atoms with Gasteiger partial charge in [0, 0.05) is 16.6 Å². The molecule has 0 heterocycles. The van der Waals surface area contributed by atoms with Crippen LogP contribution in [0.4, 0.5) is 0 Å². The fraction of sp³-hybridized carbons (Fsp3) is 0.417. The molecule has 3 nitrogen and oxygen atoms in total. The summed E-state index contributed by atoms with van der Waals surface area (Å²) in [7, 11) is -1.27. The molecule has 1 N–H and O–H groups in total. The van der Waals surface area contributed by atoms with E-state index < -0.39 is 22.0 Å². The largest absolute Gasteiger partial charge is 0.480 e. The van der Waals surface area contributed by atoms with Crippen LogP contribution >= 0.6 is 0 Å². The molecule has 0 bridgehead atoms. The number of aliphatic carboxylic acids is 1. The van der Waals surface area contributed by atoms with Crippen LogP contribution in [0.2, 0.25) is 0 Å². The van der Waals surface area contributed by atoms with Gasteiger partial charge in [-0.2, -0.15) is 0 Å². The molecule has 0 fully saturated rings. The zero-order valence-corrected chi connectivity index (χ0v) is 10.1. The molecule has 88 valence electrons. The van der Waals surface area contributed by atoms with E-state index in [0.29, 0.717) is 5.75 Å². The smallest absolute Gasteiger partial charge is 0.318 e. The number of aryl methyl sites for hydroxylation is 1. The Labute approximate surface area is 98.0 Å². The van der Waals surface area contributed by atoms with Gasteiger partial charge in [-0.25, -0.2) is 0 Å². The van der Waals surface area contributed by atoms with Crippen LogP contribution in [0, 0.1) is 0 Å². The van der Waals surface area contributed by atoms with Gasteiger partial charge >= 0.3 is 5.97 Å². The summed E-state index contributed by atoms with van der Waals surface area (Å²) in [4.78, 5) is 10.6. The van der Waals surface area contributed by atoms with Gasteiger partial charge in [0.25, 0.3) is 0 Å². The monoisotopic (exact) mass is 240 g/mol. The second-order valence-electron chi connectivity index (χ2n) is 3.65. The molecule has 0 aliphatic rings. The number of carboxylic acid groups (broad SMARTS) is 1. The van der Waals surface area contributed by atoms with Crippen molar-refractivity contribution in [3.05, 3.63) is 35.9 Å². The summed E-state index contributed by atoms with van der Waals surface area (Å²) < 4.78 is 11.5. The first kappa shape index (κ1) is 12.9. The van der Waals surface area contributed by atoms with Crippen molar-refractivity contribution < 1.29 is 14.1 Å². The lowest BCUT2D eigenvalue weighted by molar-refractivity contribution is -0.136. The van der Waals surface area contributed by atoms with Crippen molar-refractivity contribution >= 4 is 16.8 Å². The van der Waals surface area contributed by atoms with Crippen LogP contribution in [-0.4, -0.2) is 26.3 Å². The molecule has 0 spiro atoms. The molecule has 1 rings (SSSR count). The summed E-state index contributed by atoms with van der Waals surface area (Å²) in [5.41, 5.74) is 1.20. The van der Waals surface area contributed by atoms with Crippen LogP contribution in [0.1, 0.15) is 18.9 Å². The minimum absolute atomic E-state index is 0.447. The number of rotatable bonds is 6. The third-order valence-electron chi connectivity index (χ3n) is 2.40. The van der Waals surface area contributed by atoms with E-state index in [0.717, 1.165) is 12.8 Å². The lowest BCUT2D eigenvalue weighted by Crippen LogP contribution is -2.23. The number of carbonyl (C=O) groups is 1. The normalized spacial score (nSPS) is 14.3. The maximum atomic E-state index is 11.5. The fourth-order valence-corrected chi connectivity index (χ4v) is 2.36. The zero-order chi connectivity index (χ0) is 12.0. The second-order valence-corrected chi connectivity index (χ2v) is 5.53. The van der Waals surface area contributed by atoms with Gasteiger partial charge in [0.2, 0.25) is 0 Å². The SMILES string of the molecule is CC(C(=O)O)S(=O)CCCc1ccccc1. The molecule has 0 amide bonds. The molecule has 16 heavy (non-hydrogen) atoms. The highest BCUT2D eigenvalue weighted by Gasteiger charge is 2.17. The zero-order valence-electron chi connectivity index (χ0n) is 9.26. The van der Waals surface area contributed by atoms with E-state index in [9.17, 15) is 9.00 Å². The van der Waals surface area contributed by atoms with E-state index in [1.54, 1.807) is 0 Å². The highest BCUT2D eigenvalue weighted by molar-refractivity contribution is 7.86. The molecule has 0 saturated heterocycles. The quantitative estimate of drug-likeness (QED) is 0.825. The average molecular weight is 240 g/mol. The molecule has 1 aromatic carbocycles. The first-order valence-electron chi connectivity index (χ1n) is 5.25. The van der Waals surface area contributed by atoms with Crippen molar-refractivity contribution in [1.82, 2.24) is 0 Å². The molecule has 2 atom stereocenters. The van der Waals surface area contributed by atoms with Crippen LogP contribution in [-0.2, 0) is 22.0 Å². The fourth-order valence-electron chi connectivity index (χ4n) is 1.35. The molecule has 0 aliphatic heterocycles. The third kappa shape index (κ3) is 4.14. The van der Waals surface area contributed by atoms with E-state index >= 15 is 0 Å².